The number of benzene rings is 1. The van der Waals surface area contributed by atoms with Crippen LogP contribution in [0.1, 0.15) is 22.7 Å². The van der Waals surface area contributed by atoms with Gasteiger partial charge in [0.2, 0.25) is 0 Å². The fourth-order valence-electron chi connectivity index (χ4n) is 2.43. The Morgan fingerprint density at radius 3 is 2.47 bits per heavy atom. The van der Waals surface area contributed by atoms with Crippen molar-refractivity contribution in [3.8, 4) is 5.75 Å². The van der Waals surface area contributed by atoms with Crippen LogP contribution in [0.25, 0.3) is 0 Å². The fraction of sp³-hybridized carbons (Fsp3) is 0.500. The summed E-state index contributed by atoms with van der Waals surface area (Å²) in [6.07, 6.45) is 0. The zero-order valence-corrected chi connectivity index (χ0v) is 11.4. The molecule has 1 aliphatic heterocycles. The Labute approximate surface area is 112 Å². The smallest absolute Gasteiger partial charge is 0.316 e. The Balaban J connectivity index is 2.42. The van der Waals surface area contributed by atoms with E-state index < -0.39 is 17.4 Å². The van der Waals surface area contributed by atoms with Crippen molar-refractivity contribution in [1.82, 2.24) is 0 Å². The van der Waals surface area contributed by atoms with Gasteiger partial charge in [0.25, 0.3) is 0 Å². The van der Waals surface area contributed by atoms with Gasteiger partial charge in [-0.2, -0.15) is 0 Å². The molecule has 5 nitrogen and oxygen atoms in total. The molecule has 1 aromatic carbocycles. The normalized spacial score (nSPS) is 18.5. The highest BCUT2D eigenvalue weighted by atomic mass is 16.5. The third-order valence-electron chi connectivity index (χ3n) is 4.07. The van der Waals surface area contributed by atoms with Gasteiger partial charge in [-0.05, 0) is 36.6 Å². The number of carboxylic acid groups (broad SMARTS) is 1. The number of ether oxygens (including phenoxy) is 2. The lowest BCUT2D eigenvalue weighted by Gasteiger charge is -2.42. The Morgan fingerprint density at radius 1 is 1.42 bits per heavy atom. The standard InChI is InChI=1S/C14H19NO4/c1-8-9(2)11(18-3)5-4-10(8)12(15)14(13(16)17)6-19-7-14/h4-5,12H,6-7,15H2,1-3H3,(H,16,17). The summed E-state index contributed by atoms with van der Waals surface area (Å²) in [6, 6.07) is 3.09. The van der Waals surface area contributed by atoms with Crippen LogP contribution in [0.4, 0.5) is 0 Å². The number of methoxy groups -OCH3 is 1. The van der Waals surface area contributed by atoms with E-state index in [0.29, 0.717) is 0 Å². The first kappa shape index (κ1) is 13.8. The van der Waals surface area contributed by atoms with Gasteiger partial charge >= 0.3 is 5.97 Å². The van der Waals surface area contributed by atoms with Crippen LogP contribution in [-0.4, -0.2) is 31.4 Å². The third kappa shape index (κ3) is 1.99. The molecule has 1 saturated heterocycles. The van der Waals surface area contributed by atoms with Crippen molar-refractivity contribution in [3.63, 3.8) is 0 Å². The first-order valence-electron chi connectivity index (χ1n) is 6.15. The molecule has 0 radical (unpaired) electrons. The molecule has 0 saturated carbocycles. The highest BCUT2D eigenvalue weighted by Crippen LogP contribution is 2.41. The van der Waals surface area contributed by atoms with E-state index in [1.165, 1.54) is 0 Å². The number of aliphatic carboxylic acids is 1. The Morgan fingerprint density at radius 2 is 2.05 bits per heavy atom. The molecule has 104 valence electrons. The van der Waals surface area contributed by atoms with Gasteiger partial charge in [-0.3, -0.25) is 4.79 Å². The molecule has 1 aromatic rings. The van der Waals surface area contributed by atoms with Crippen molar-refractivity contribution in [2.75, 3.05) is 20.3 Å². The summed E-state index contributed by atoms with van der Waals surface area (Å²) < 4.78 is 10.3. The van der Waals surface area contributed by atoms with Crippen LogP contribution in [0.15, 0.2) is 12.1 Å². The molecule has 5 heteroatoms. The summed E-state index contributed by atoms with van der Waals surface area (Å²) in [5, 5.41) is 9.39. The minimum absolute atomic E-state index is 0.161. The number of hydrogen-bond acceptors (Lipinski definition) is 4. The SMILES string of the molecule is COc1ccc(C(N)C2(C(=O)O)COC2)c(C)c1C. The predicted molar refractivity (Wildman–Crippen MR) is 70.3 cm³/mol. The van der Waals surface area contributed by atoms with Crippen LogP contribution in [0.2, 0.25) is 0 Å². The van der Waals surface area contributed by atoms with Gasteiger partial charge in [0.1, 0.15) is 11.2 Å². The van der Waals surface area contributed by atoms with E-state index in [9.17, 15) is 9.90 Å². The second-order valence-corrected chi connectivity index (χ2v) is 5.04. The summed E-state index contributed by atoms with van der Waals surface area (Å²) in [5.41, 5.74) is 7.98. The number of rotatable bonds is 4. The molecule has 1 fully saturated rings. The predicted octanol–water partition coefficient (Wildman–Crippen LogP) is 1.41. The maximum atomic E-state index is 11.5. The van der Waals surface area contributed by atoms with Gasteiger partial charge in [0.05, 0.1) is 26.4 Å². The lowest BCUT2D eigenvalue weighted by Crippen LogP contribution is -2.55. The minimum atomic E-state index is -1.01. The molecular formula is C14H19NO4. The van der Waals surface area contributed by atoms with Crippen molar-refractivity contribution >= 4 is 5.97 Å². The number of nitrogens with two attached hydrogens (primary N) is 1. The topological polar surface area (TPSA) is 81.8 Å². The van der Waals surface area contributed by atoms with Crippen molar-refractivity contribution in [2.45, 2.75) is 19.9 Å². The Bertz CT molecular complexity index is 508. The largest absolute Gasteiger partial charge is 0.496 e. The maximum Gasteiger partial charge on any atom is 0.316 e. The van der Waals surface area contributed by atoms with Crippen molar-refractivity contribution in [3.05, 3.63) is 28.8 Å². The molecule has 1 atom stereocenters. The van der Waals surface area contributed by atoms with Crippen LogP contribution in [0.3, 0.4) is 0 Å². The summed E-state index contributed by atoms with van der Waals surface area (Å²) in [7, 11) is 1.61. The van der Waals surface area contributed by atoms with Crippen LogP contribution in [0.5, 0.6) is 5.75 Å². The summed E-state index contributed by atoms with van der Waals surface area (Å²) in [6.45, 7) is 4.19. The highest BCUT2D eigenvalue weighted by molar-refractivity contribution is 5.77. The molecule has 1 aliphatic rings. The number of carboxylic acids is 1. The molecule has 19 heavy (non-hydrogen) atoms. The average Bonchev–Trinajstić information content (AvgIpc) is 2.30. The van der Waals surface area contributed by atoms with Crippen LogP contribution in [-0.2, 0) is 9.53 Å². The van der Waals surface area contributed by atoms with Crippen LogP contribution >= 0.6 is 0 Å². The Hall–Kier alpha value is -1.59. The van der Waals surface area contributed by atoms with Crippen molar-refractivity contribution in [2.24, 2.45) is 11.1 Å². The monoisotopic (exact) mass is 265 g/mol. The average molecular weight is 265 g/mol. The molecule has 2 rings (SSSR count). The molecule has 0 spiro atoms. The van der Waals surface area contributed by atoms with Gasteiger partial charge in [-0.25, -0.2) is 0 Å². The maximum absolute atomic E-state index is 11.5. The lowest BCUT2D eigenvalue weighted by molar-refractivity contribution is -0.184. The van der Waals surface area contributed by atoms with Gasteiger partial charge in [-0.1, -0.05) is 6.07 Å². The molecular weight excluding hydrogens is 246 g/mol. The summed E-state index contributed by atoms with van der Waals surface area (Å²) in [4.78, 5) is 11.5. The highest BCUT2D eigenvalue weighted by Gasteiger charge is 2.52. The van der Waals surface area contributed by atoms with Crippen molar-refractivity contribution in [1.29, 1.82) is 0 Å². The fourth-order valence-corrected chi connectivity index (χ4v) is 2.43. The molecule has 0 bridgehead atoms. The molecule has 0 aromatic heterocycles. The van der Waals surface area contributed by atoms with Gasteiger partial charge in [-0.15, -0.1) is 0 Å². The lowest BCUT2D eigenvalue weighted by atomic mass is 9.74. The van der Waals surface area contributed by atoms with E-state index in [0.717, 1.165) is 22.4 Å². The molecule has 1 heterocycles. The molecule has 3 N–H and O–H groups in total. The zero-order valence-electron chi connectivity index (χ0n) is 11.4. The van der Waals surface area contributed by atoms with Crippen LogP contribution in [0, 0.1) is 19.3 Å². The summed E-state index contributed by atoms with van der Waals surface area (Å²) >= 11 is 0. The van der Waals surface area contributed by atoms with Crippen molar-refractivity contribution < 1.29 is 19.4 Å². The minimum Gasteiger partial charge on any atom is -0.496 e. The molecule has 0 amide bonds. The van der Waals surface area contributed by atoms with E-state index >= 15 is 0 Å². The number of carbonyl (C=O) groups is 1. The van der Waals surface area contributed by atoms with E-state index in [4.69, 9.17) is 15.2 Å². The Kier molecular flexibility index (Phi) is 3.52. The second kappa shape index (κ2) is 4.83. The first-order chi connectivity index (χ1) is 8.94. The summed E-state index contributed by atoms with van der Waals surface area (Å²) in [5.74, 6) is -0.123. The van der Waals surface area contributed by atoms with Gasteiger partial charge < -0.3 is 20.3 Å². The van der Waals surface area contributed by atoms with Gasteiger partial charge in [0, 0.05) is 0 Å². The van der Waals surface area contributed by atoms with E-state index in [1.807, 2.05) is 26.0 Å². The quantitative estimate of drug-likeness (QED) is 0.860. The van der Waals surface area contributed by atoms with E-state index in [2.05, 4.69) is 0 Å². The van der Waals surface area contributed by atoms with E-state index in [-0.39, 0.29) is 13.2 Å². The number of hydrogen-bond donors (Lipinski definition) is 2. The second-order valence-electron chi connectivity index (χ2n) is 5.04. The zero-order chi connectivity index (χ0) is 14.2. The molecule has 1 unspecified atom stereocenters. The molecule has 0 aliphatic carbocycles. The first-order valence-corrected chi connectivity index (χ1v) is 6.15. The van der Waals surface area contributed by atoms with Crippen LogP contribution < -0.4 is 10.5 Å². The van der Waals surface area contributed by atoms with Gasteiger partial charge in [0.15, 0.2) is 0 Å². The van der Waals surface area contributed by atoms with E-state index in [1.54, 1.807) is 7.11 Å². The third-order valence-corrected chi connectivity index (χ3v) is 4.07.